The first kappa shape index (κ1) is 17.6. The number of carbonyl (C=O) groups is 1. The second-order valence-corrected chi connectivity index (χ2v) is 6.62. The normalized spacial score (nSPS) is 14.4. The molecule has 0 aliphatic heterocycles. The first-order valence-corrected chi connectivity index (χ1v) is 8.34. The van der Waals surface area contributed by atoms with Gasteiger partial charge in [0.1, 0.15) is 0 Å². The SMILES string of the molecule is F[P-](F)(F)(F)(F)F.O=C(C[n+]1ccsc1)c1ccccc1. The van der Waals surface area contributed by atoms with Crippen molar-refractivity contribution in [2.24, 2.45) is 0 Å². The number of hydrogen-bond acceptors (Lipinski definition) is 2. The first-order chi connectivity index (χ1) is 9.31. The predicted molar refractivity (Wildman–Crippen MR) is 68.9 cm³/mol. The Morgan fingerprint density at radius 1 is 1.05 bits per heavy atom. The fourth-order valence-corrected chi connectivity index (χ4v) is 1.83. The molecule has 1 heterocycles. The molecule has 2 rings (SSSR count). The van der Waals surface area contributed by atoms with E-state index in [-0.39, 0.29) is 5.78 Å². The standard InChI is InChI=1S/C11H10NOS.F6P/c13-11(8-12-6-7-14-9-12)10-4-2-1-3-5-10;1-7(2,3,4,5)6/h1-7,9H,8H2;/q+1;-1. The smallest absolute Gasteiger partial charge is 0.227 e. The molecule has 10 heteroatoms. The average molecular weight is 349 g/mol. The molecule has 0 fully saturated rings. The van der Waals surface area contributed by atoms with E-state index in [2.05, 4.69) is 0 Å². The molecule has 2 aromatic rings. The fraction of sp³-hybridized carbons (Fsp3) is 0.0909. The van der Waals surface area contributed by atoms with Gasteiger partial charge in [0.25, 0.3) is 0 Å². The molecule has 0 saturated heterocycles. The van der Waals surface area contributed by atoms with E-state index in [0.717, 1.165) is 5.56 Å². The maximum atomic E-state index is 11.7. The predicted octanol–water partition coefficient (Wildman–Crippen LogP) is 5.30. The van der Waals surface area contributed by atoms with Crippen molar-refractivity contribution >= 4 is 24.9 Å². The molecule has 21 heavy (non-hydrogen) atoms. The van der Waals surface area contributed by atoms with Gasteiger partial charge in [0.15, 0.2) is 6.20 Å². The number of aromatic nitrogens is 1. The van der Waals surface area contributed by atoms with Crippen LogP contribution in [0.2, 0.25) is 0 Å². The maximum absolute atomic E-state index is 11.7. The molecular weight excluding hydrogens is 339 g/mol. The van der Waals surface area contributed by atoms with E-state index in [4.69, 9.17) is 0 Å². The molecular formula is C11H10F6NOPS. The Morgan fingerprint density at radius 2 is 1.57 bits per heavy atom. The third-order valence-corrected chi connectivity index (χ3v) is 2.62. The van der Waals surface area contributed by atoms with Gasteiger partial charge < -0.3 is 0 Å². The van der Waals surface area contributed by atoms with Gasteiger partial charge in [0.05, 0.1) is 5.38 Å². The largest absolute Gasteiger partial charge is 0.287 e. The van der Waals surface area contributed by atoms with Gasteiger partial charge in [-0.3, -0.25) is 4.79 Å². The van der Waals surface area contributed by atoms with Gasteiger partial charge in [-0.2, -0.15) is 4.57 Å². The van der Waals surface area contributed by atoms with Crippen LogP contribution in [-0.4, -0.2) is 5.78 Å². The Balaban J connectivity index is 0.000000270. The van der Waals surface area contributed by atoms with Crippen LogP contribution in [0, 0.1) is 0 Å². The minimum absolute atomic E-state index is 0.147. The Bertz CT molecular complexity index is 585. The summed E-state index contributed by atoms with van der Waals surface area (Å²) in [6.07, 6.45) is 1.91. The van der Waals surface area contributed by atoms with Crippen LogP contribution >= 0.6 is 19.1 Å². The van der Waals surface area contributed by atoms with Gasteiger partial charge in [-0.1, -0.05) is 41.7 Å². The van der Waals surface area contributed by atoms with Crippen LogP contribution in [0.3, 0.4) is 0 Å². The summed E-state index contributed by atoms with van der Waals surface area (Å²) >= 11 is 1.59. The molecule has 0 bridgehead atoms. The minimum atomic E-state index is -10.7. The van der Waals surface area contributed by atoms with Crippen molar-refractivity contribution in [1.29, 1.82) is 0 Å². The third-order valence-electron chi connectivity index (χ3n) is 1.95. The van der Waals surface area contributed by atoms with E-state index < -0.39 is 7.81 Å². The number of thiazole rings is 1. The minimum Gasteiger partial charge on any atom is -0.287 e. The van der Waals surface area contributed by atoms with Gasteiger partial charge in [-0.25, -0.2) is 0 Å². The number of rotatable bonds is 3. The summed E-state index contributed by atoms with van der Waals surface area (Å²) in [6, 6.07) is 9.36. The van der Waals surface area contributed by atoms with E-state index in [1.54, 1.807) is 11.3 Å². The van der Waals surface area contributed by atoms with Crippen molar-refractivity contribution in [1.82, 2.24) is 0 Å². The molecule has 0 saturated carbocycles. The van der Waals surface area contributed by atoms with Gasteiger partial charge in [0, 0.05) is 5.56 Å². The summed E-state index contributed by atoms with van der Waals surface area (Å²) in [7, 11) is -10.7. The van der Waals surface area contributed by atoms with Crippen LogP contribution < -0.4 is 4.57 Å². The summed E-state index contributed by atoms with van der Waals surface area (Å²) in [6.45, 7) is 0.424. The number of benzene rings is 1. The summed E-state index contributed by atoms with van der Waals surface area (Å²) in [5.74, 6) is 0.147. The molecule has 0 amide bonds. The van der Waals surface area contributed by atoms with Crippen LogP contribution in [0.1, 0.15) is 10.4 Å². The average Bonchev–Trinajstić information content (AvgIpc) is 2.79. The van der Waals surface area contributed by atoms with Crippen molar-refractivity contribution in [3.63, 3.8) is 0 Å². The van der Waals surface area contributed by atoms with Gasteiger partial charge in [-0.15, -0.1) is 0 Å². The fourth-order valence-electron chi connectivity index (χ4n) is 1.23. The zero-order chi connectivity index (χ0) is 16.2. The molecule has 0 unspecified atom stereocenters. The maximum Gasteiger partial charge on any atom is 0.227 e. The first-order valence-electron chi connectivity index (χ1n) is 5.37. The number of carbonyl (C=O) groups excluding carboxylic acids is 1. The third kappa shape index (κ3) is 10.9. The Labute approximate surface area is 119 Å². The van der Waals surface area contributed by atoms with Crippen molar-refractivity contribution in [2.45, 2.75) is 6.54 Å². The van der Waals surface area contributed by atoms with Gasteiger partial charge in [-0.05, 0) is 0 Å². The van der Waals surface area contributed by atoms with Gasteiger partial charge in [0.2, 0.25) is 17.8 Å². The molecule has 1 aromatic carbocycles. The van der Waals surface area contributed by atoms with Crippen LogP contribution in [-0.2, 0) is 6.54 Å². The number of ketones is 1. The summed E-state index contributed by atoms with van der Waals surface area (Å²) in [5.41, 5.74) is 2.70. The molecule has 0 aliphatic rings. The van der Waals surface area contributed by atoms with Gasteiger partial charge >= 0.3 is 33.0 Å². The summed E-state index contributed by atoms with van der Waals surface area (Å²) in [5, 5.41) is 1.96. The Kier molecular flexibility index (Phi) is 4.51. The molecule has 2 nitrogen and oxygen atoms in total. The van der Waals surface area contributed by atoms with E-state index >= 15 is 0 Å². The van der Waals surface area contributed by atoms with Crippen LogP contribution in [0.5, 0.6) is 0 Å². The topological polar surface area (TPSA) is 20.9 Å². The van der Waals surface area contributed by atoms with Crippen molar-refractivity contribution in [3.8, 4) is 0 Å². The zero-order valence-corrected chi connectivity index (χ0v) is 12.0. The van der Waals surface area contributed by atoms with Crippen molar-refractivity contribution in [2.75, 3.05) is 0 Å². The monoisotopic (exact) mass is 349 g/mol. The molecule has 118 valence electrons. The molecule has 0 spiro atoms. The van der Waals surface area contributed by atoms with E-state index in [1.807, 2.05) is 52.0 Å². The Hall–Kier alpha value is -1.47. The zero-order valence-electron chi connectivity index (χ0n) is 10.3. The molecule has 0 atom stereocenters. The molecule has 1 aromatic heterocycles. The molecule has 0 aliphatic carbocycles. The Morgan fingerprint density at radius 3 is 2.00 bits per heavy atom. The summed E-state index contributed by atoms with van der Waals surface area (Å²) < 4.78 is 61.1. The number of Topliss-reactive ketones (excluding diaryl/α,β-unsaturated/α-hetero) is 1. The van der Waals surface area contributed by atoms with E-state index in [1.165, 1.54) is 0 Å². The molecule has 0 N–H and O–H groups in total. The second kappa shape index (κ2) is 5.38. The summed E-state index contributed by atoms with van der Waals surface area (Å²) in [4.78, 5) is 11.7. The molecule has 0 radical (unpaired) electrons. The number of nitrogens with zero attached hydrogens (tertiary/aromatic N) is 1. The number of halogens is 6. The van der Waals surface area contributed by atoms with Crippen LogP contribution in [0.4, 0.5) is 25.2 Å². The van der Waals surface area contributed by atoms with Crippen molar-refractivity contribution < 1.29 is 34.5 Å². The quantitative estimate of drug-likeness (QED) is 0.319. The van der Waals surface area contributed by atoms with Crippen molar-refractivity contribution in [3.05, 3.63) is 53.0 Å². The van der Waals surface area contributed by atoms with E-state index in [0.29, 0.717) is 6.54 Å². The van der Waals surface area contributed by atoms with E-state index in [9.17, 15) is 30.0 Å². The number of hydrogen-bond donors (Lipinski definition) is 0. The van der Waals surface area contributed by atoms with Crippen LogP contribution in [0.25, 0.3) is 0 Å². The second-order valence-electron chi connectivity index (χ2n) is 3.95. The van der Waals surface area contributed by atoms with Crippen LogP contribution in [0.15, 0.2) is 47.4 Å².